The molecule has 1 amide bonds. The molecule has 1 aromatic rings. The van der Waals surface area contributed by atoms with Gasteiger partial charge in [-0.1, -0.05) is 0 Å². The van der Waals surface area contributed by atoms with Crippen LogP contribution in [0, 0.1) is 6.92 Å². The fraction of sp³-hybridized carbons (Fsp3) is 0.375. The Morgan fingerprint density at radius 2 is 2.33 bits per heavy atom. The summed E-state index contributed by atoms with van der Waals surface area (Å²) < 4.78 is 5.21. The van der Waals surface area contributed by atoms with E-state index in [9.17, 15) is 4.79 Å². The van der Waals surface area contributed by atoms with Gasteiger partial charge in [-0.15, -0.1) is 11.6 Å². The molecule has 0 aromatic carbocycles. The predicted molar refractivity (Wildman–Crippen MR) is 47.6 cm³/mol. The summed E-state index contributed by atoms with van der Waals surface area (Å²) in [6.45, 7) is 1.82. The minimum absolute atomic E-state index is 0.0315. The minimum Gasteiger partial charge on any atom is -0.445 e. The van der Waals surface area contributed by atoms with Crippen LogP contribution >= 0.6 is 11.6 Å². The van der Waals surface area contributed by atoms with Crippen molar-refractivity contribution in [3.05, 3.63) is 17.9 Å². The van der Waals surface area contributed by atoms with Gasteiger partial charge in [0.15, 0.2) is 0 Å². The number of nitrogens with zero attached hydrogens (tertiary/aromatic N) is 1. The van der Waals surface area contributed by atoms with Gasteiger partial charge < -0.3 is 4.42 Å². The highest BCUT2D eigenvalue weighted by Gasteiger charge is 2.11. The number of hydrogen-bond acceptors (Lipinski definition) is 2. The molecular formula is C8H10ClNO2. The highest BCUT2D eigenvalue weighted by Crippen LogP contribution is 2.16. The number of hydrogen-bond donors (Lipinski definition) is 0. The Labute approximate surface area is 75.9 Å². The highest BCUT2D eigenvalue weighted by atomic mass is 35.5. The van der Waals surface area contributed by atoms with Gasteiger partial charge in [0.25, 0.3) is 0 Å². The first-order chi connectivity index (χ1) is 5.65. The zero-order chi connectivity index (χ0) is 9.14. The number of carbonyl (C=O) groups excluding carboxylic acids is 1. The fourth-order valence-electron chi connectivity index (χ4n) is 0.814. The quantitative estimate of drug-likeness (QED) is 0.662. The Hall–Kier alpha value is -0.960. The Morgan fingerprint density at radius 3 is 2.75 bits per heavy atom. The van der Waals surface area contributed by atoms with Crippen molar-refractivity contribution in [2.24, 2.45) is 0 Å². The van der Waals surface area contributed by atoms with Crippen molar-refractivity contribution in [1.82, 2.24) is 0 Å². The van der Waals surface area contributed by atoms with Gasteiger partial charge in [-0.2, -0.15) is 0 Å². The van der Waals surface area contributed by atoms with E-state index in [4.69, 9.17) is 16.0 Å². The number of furan rings is 1. The normalized spacial score (nSPS) is 9.92. The zero-order valence-corrected chi connectivity index (χ0v) is 7.76. The third-order valence-electron chi connectivity index (χ3n) is 1.55. The first kappa shape index (κ1) is 9.13. The van der Waals surface area contributed by atoms with Crippen LogP contribution < -0.4 is 4.90 Å². The molecule has 12 heavy (non-hydrogen) atoms. The molecule has 1 aromatic heterocycles. The molecule has 0 aliphatic heterocycles. The van der Waals surface area contributed by atoms with Gasteiger partial charge in [0, 0.05) is 13.1 Å². The van der Waals surface area contributed by atoms with E-state index in [1.54, 1.807) is 19.2 Å². The average Bonchev–Trinajstić information content (AvgIpc) is 2.49. The lowest BCUT2D eigenvalue weighted by Gasteiger charge is -2.11. The summed E-state index contributed by atoms with van der Waals surface area (Å²) >= 11 is 5.37. The molecule has 0 fully saturated rings. The van der Waals surface area contributed by atoms with Gasteiger partial charge in [0.05, 0.1) is 0 Å². The maximum Gasteiger partial charge on any atom is 0.243 e. The molecule has 0 N–H and O–H groups in total. The number of rotatable bonds is 2. The minimum atomic E-state index is -0.175. The lowest BCUT2D eigenvalue weighted by Crippen LogP contribution is -2.26. The molecule has 0 bridgehead atoms. The van der Waals surface area contributed by atoms with Gasteiger partial charge in [-0.25, -0.2) is 0 Å². The number of halogens is 1. The Bertz CT molecular complexity index is 282. The molecular weight excluding hydrogens is 178 g/mol. The number of alkyl halides is 1. The Balaban J connectivity index is 2.77. The van der Waals surface area contributed by atoms with Crippen molar-refractivity contribution in [3.8, 4) is 0 Å². The van der Waals surface area contributed by atoms with Crippen molar-refractivity contribution in [2.75, 3.05) is 17.8 Å². The van der Waals surface area contributed by atoms with E-state index >= 15 is 0 Å². The molecule has 4 heteroatoms. The molecule has 3 nitrogen and oxygen atoms in total. The standard InChI is InChI=1S/C8H10ClNO2/c1-6-3-4-8(12-6)10(2)7(11)5-9/h3-4H,5H2,1-2H3. The van der Waals surface area contributed by atoms with Crippen LogP contribution in [0.3, 0.4) is 0 Å². The van der Waals surface area contributed by atoms with E-state index in [1.165, 1.54) is 4.90 Å². The van der Waals surface area contributed by atoms with Crippen LogP contribution in [-0.4, -0.2) is 18.8 Å². The smallest absolute Gasteiger partial charge is 0.243 e. The predicted octanol–water partition coefficient (Wildman–Crippen LogP) is 1.79. The molecule has 1 rings (SSSR count). The molecule has 0 saturated carbocycles. The molecule has 1 heterocycles. The van der Waals surface area contributed by atoms with Crippen LogP contribution in [0.1, 0.15) is 5.76 Å². The summed E-state index contributed by atoms with van der Waals surface area (Å²) in [5.74, 6) is 1.10. The zero-order valence-electron chi connectivity index (χ0n) is 7.00. The lowest BCUT2D eigenvalue weighted by molar-refractivity contribution is -0.116. The van der Waals surface area contributed by atoms with E-state index in [2.05, 4.69) is 0 Å². The van der Waals surface area contributed by atoms with E-state index < -0.39 is 0 Å². The molecule has 66 valence electrons. The summed E-state index contributed by atoms with van der Waals surface area (Å²) in [5.41, 5.74) is 0. The summed E-state index contributed by atoms with van der Waals surface area (Å²) in [7, 11) is 1.63. The molecule has 0 unspecified atom stereocenters. The van der Waals surface area contributed by atoms with E-state index in [1.807, 2.05) is 6.92 Å². The SMILES string of the molecule is Cc1ccc(N(C)C(=O)CCl)o1. The first-order valence-electron chi connectivity index (χ1n) is 3.54. The second kappa shape index (κ2) is 3.63. The fourth-order valence-corrected chi connectivity index (χ4v) is 0.994. The third kappa shape index (κ3) is 1.80. The second-order valence-electron chi connectivity index (χ2n) is 2.47. The first-order valence-corrected chi connectivity index (χ1v) is 4.07. The van der Waals surface area contributed by atoms with Crippen molar-refractivity contribution < 1.29 is 9.21 Å². The van der Waals surface area contributed by atoms with Crippen LogP contribution in [-0.2, 0) is 4.79 Å². The van der Waals surface area contributed by atoms with Gasteiger partial charge >= 0.3 is 0 Å². The van der Waals surface area contributed by atoms with E-state index in [-0.39, 0.29) is 11.8 Å². The Kier molecular flexibility index (Phi) is 2.76. The van der Waals surface area contributed by atoms with Crippen LogP contribution in [0.5, 0.6) is 0 Å². The number of aryl methyl sites for hydroxylation is 1. The molecule has 0 radical (unpaired) electrons. The molecule has 0 atom stereocenters. The number of amides is 1. The van der Waals surface area contributed by atoms with E-state index in [0.29, 0.717) is 5.88 Å². The van der Waals surface area contributed by atoms with Crippen molar-refractivity contribution in [3.63, 3.8) is 0 Å². The van der Waals surface area contributed by atoms with Crippen molar-refractivity contribution in [2.45, 2.75) is 6.92 Å². The van der Waals surface area contributed by atoms with E-state index in [0.717, 1.165) is 5.76 Å². The second-order valence-corrected chi connectivity index (χ2v) is 2.74. The largest absolute Gasteiger partial charge is 0.445 e. The summed E-state index contributed by atoms with van der Waals surface area (Å²) in [4.78, 5) is 12.4. The molecule has 0 spiro atoms. The van der Waals surface area contributed by atoms with Crippen LogP contribution in [0.15, 0.2) is 16.5 Å². The van der Waals surface area contributed by atoms with Crippen LogP contribution in [0.2, 0.25) is 0 Å². The monoisotopic (exact) mass is 187 g/mol. The lowest BCUT2D eigenvalue weighted by atomic mass is 10.5. The van der Waals surface area contributed by atoms with Crippen LogP contribution in [0.25, 0.3) is 0 Å². The van der Waals surface area contributed by atoms with Gasteiger partial charge in [-0.3, -0.25) is 9.69 Å². The van der Waals surface area contributed by atoms with Crippen molar-refractivity contribution >= 4 is 23.4 Å². The number of carbonyl (C=O) groups is 1. The topological polar surface area (TPSA) is 33.5 Å². The summed E-state index contributed by atoms with van der Waals surface area (Å²) in [6.07, 6.45) is 0. The van der Waals surface area contributed by atoms with Crippen molar-refractivity contribution in [1.29, 1.82) is 0 Å². The maximum absolute atomic E-state index is 11.1. The van der Waals surface area contributed by atoms with Crippen LogP contribution in [0.4, 0.5) is 5.88 Å². The average molecular weight is 188 g/mol. The van der Waals surface area contributed by atoms with Gasteiger partial charge in [0.2, 0.25) is 11.8 Å². The third-order valence-corrected chi connectivity index (χ3v) is 1.77. The maximum atomic E-state index is 11.1. The van der Waals surface area contributed by atoms with Gasteiger partial charge in [-0.05, 0) is 13.0 Å². The molecule has 0 saturated heterocycles. The molecule has 0 aliphatic rings. The number of anilines is 1. The molecule has 0 aliphatic carbocycles. The summed E-state index contributed by atoms with van der Waals surface area (Å²) in [5, 5.41) is 0. The summed E-state index contributed by atoms with van der Waals surface area (Å²) in [6, 6.07) is 3.53. The van der Waals surface area contributed by atoms with Gasteiger partial charge in [0.1, 0.15) is 11.6 Å². The highest BCUT2D eigenvalue weighted by molar-refractivity contribution is 6.29. The Morgan fingerprint density at radius 1 is 1.67 bits per heavy atom.